The van der Waals surface area contributed by atoms with Crippen LogP contribution in [0.25, 0.3) is 0 Å². The van der Waals surface area contributed by atoms with Crippen LogP contribution >= 0.6 is 0 Å². The molecule has 0 saturated heterocycles. The third-order valence-corrected chi connectivity index (χ3v) is 2.33. The van der Waals surface area contributed by atoms with Gasteiger partial charge in [-0.05, 0) is 27.2 Å². The molecule has 0 aromatic heterocycles. The predicted molar refractivity (Wildman–Crippen MR) is 70.3 cm³/mol. The number of hydrogen-bond donors (Lipinski definition) is 4. The van der Waals surface area contributed by atoms with Gasteiger partial charge in [-0.2, -0.15) is 0 Å². The van der Waals surface area contributed by atoms with Gasteiger partial charge >= 0.3 is 6.03 Å². The zero-order valence-corrected chi connectivity index (χ0v) is 11.4. The molecule has 0 aliphatic rings. The summed E-state index contributed by atoms with van der Waals surface area (Å²) in [5.41, 5.74) is 0. The Balaban J connectivity index is 3.50. The molecule has 102 valence electrons. The molecule has 2 amide bonds. The van der Waals surface area contributed by atoms with E-state index in [1.54, 1.807) is 5.01 Å². The fourth-order valence-electron chi connectivity index (χ4n) is 1.20. The molecule has 0 spiro atoms. The van der Waals surface area contributed by atoms with Crippen LogP contribution in [0.1, 0.15) is 34.1 Å². The number of nitrogens with one attached hydrogen (secondary N) is 3. The highest BCUT2D eigenvalue weighted by Crippen LogP contribution is 1.89. The summed E-state index contributed by atoms with van der Waals surface area (Å²) in [6.07, 6.45) is 0.878. The van der Waals surface area contributed by atoms with Crippen molar-refractivity contribution in [1.29, 1.82) is 0 Å². The van der Waals surface area contributed by atoms with E-state index in [-0.39, 0.29) is 12.1 Å². The van der Waals surface area contributed by atoms with E-state index in [4.69, 9.17) is 5.84 Å². The molecule has 1 atom stereocenters. The SMILES string of the molecule is CCN(N)CNC(C)CCNC(=O)NC(C)C. The standard InChI is InChI=1S/C11H27N5O/c1-5-16(12)8-14-10(4)6-7-13-11(17)15-9(2)3/h9-10,14H,5-8,12H2,1-4H3,(H2,13,15,17). The molecule has 1 unspecified atom stereocenters. The Morgan fingerprint density at radius 2 is 2.00 bits per heavy atom. The second kappa shape index (κ2) is 9.21. The maximum atomic E-state index is 11.3. The van der Waals surface area contributed by atoms with Crippen LogP contribution in [-0.2, 0) is 0 Å². The summed E-state index contributed by atoms with van der Waals surface area (Å²) < 4.78 is 0. The predicted octanol–water partition coefficient (Wildman–Crippen LogP) is 0.215. The van der Waals surface area contributed by atoms with Crippen LogP contribution in [0, 0.1) is 0 Å². The lowest BCUT2D eigenvalue weighted by molar-refractivity contribution is 0.236. The minimum Gasteiger partial charge on any atom is -0.338 e. The second-order valence-corrected chi connectivity index (χ2v) is 4.51. The number of nitrogens with zero attached hydrogens (tertiary/aromatic N) is 1. The van der Waals surface area contributed by atoms with Crippen LogP contribution in [0.15, 0.2) is 0 Å². The van der Waals surface area contributed by atoms with E-state index in [0.717, 1.165) is 13.0 Å². The first-order chi connectivity index (χ1) is 7.95. The summed E-state index contributed by atoms with van der Waals surface area (Å²) in [5.74, 6) is 5.64. The number of hydrogen-bond acceptors (Lipinski definition) is 4. The van der Waals surface area contributed by atoms with Gasteiger partial charge in [-0.25, -0.2) is 9.80 Å². The lowest BCUT2D eigenvalue weighted by Crippen LogP contribution is -2.44. The zero-order chi connectivity index (χ0) is 13.3. The van der Waals surface area contributed by atoms with Gasteiger partial charge in [-0.1, -0.05) is 6.92 Å². The number of urea groups is 1. The summed E-state index contributed by atoms with van der Waals surface area (Å²) in [5, 5.41) is 10.6. The van der Waals surface area contributed by atoms with E-state index in [9.17, 15) is 4.79 Å². The van der Waals surface area contributed by atoms with E-state index in [1.165, 1.54) is 0 Å². The van der Waals surface area contributed by atoms with Crippen LogP contribution in [0.4, 0.5) is 4.79 Å². The summed E-state index contributed by atoms with van der Waals surface area (Å²) >= 11 is 0. The van der Waals surface area contributed by atoms with Crippen LogP contribution in [0.2, 0.25) is 0 Å². The summed E-state index contributed by atoms with van der Waals surface area (Å²) in [4.78, 5) is 11.3. The van der Waals surface area contributed by atoms with E-state index < -0.39 is 0 Å². The Bertz CT molecular complexity index is 210. The van der Waals surface area contributed by atoms with Gasteiger partial charge in [-0.15, -0.1) is 0 Å². The summed E-state index contributed by atoms with van der Waals surface area (Å²) in [6, 6.07) is 0.383. The maximum Gasteiger partial charge on any atom is 0.314 e. The first-order valence-electron chi connectivity index (χ1n) is 6.23. The van der Waals surface area contributed by atoms with Gasteiger partial charge in [0.1, 0.15) is 0 Å². The molecule has 0 heterocycles. The van der Waals surface area contributed by atoms with E-state index in [2.05, 4.69) is 22.9 Å². The molecule has 0 saturated carbocycles. The van der Waals surface area contributed by atoms with Crippen molar-refractivity contribution in [1.82, 2.24) is 21.0 Å². The number of amides is 2. The van der Waals surface area contributed by atoms with Crippen LogP contribution in [0.5, 0.6) is 0 Å². The molecule has 0 fully saturated rings. The third-order valence-electron chi connectivity index (χ3n) is 2.33. The Morgan fingerprint density at radius 3 is 2.53 bits per heavy atom. The van der Waals surface area contributed by atoms with Gasteiger partial charge in [0.05, 0.1) is 6.67 Å². The summed E-state index contributed by atoms with van der Waals surface area (Å²) in [6.45, 7) is 10.1. The minimum absolute atomic E-state index is 0.110. The fraction of sp³-hybridized carbons (Fsp3) is 0.909. The molecule has 6 nitrogen and oxygen atoms in total. The Morgan fingerprint density at radius 1 is 1.35 bits per heavy atom. The van der Waals surface area contributed by atoms with Crippen LogP contribution < -0.4 is 21.8 Å². The maximum absolute atomic E-state index is 11.3. The van der Waals surface area contributed by atoms with Crippen molar-refractivity contribution < 1.29 is 4.79 Å². The Hall–Kier alpha value is -0.850. The molecule has 0 aliphatic heterocycles. The van der Waals surface area contributed by atoms with Gasteiger partial charge in [0.25, 0.3) is 0 Å². The highest BCUT2D eigenvalue weighted by Gasteiger charge is 2.05. The number of hydrazine groups is 1. The number of nitrogens with two attached hydrogens (primary N) is 1. The normalized spacial score (nSPS) is 12.9. The smallest absolute Gasteiger partial charge is 0.314 e. The van der Waals surface area contributed by atoms with Crippen molar-refractivity contribution in [2.75, 3.05) is 19.8 Å². The van der Waals surface area contributed by atoms with E-state index in [0.29, 0.717) is 19.3 Å². The van der Waals surface area contributed by atoms with Gasteiger partial charge < -0.3 is 16.0 Å². The molecule has 5 N–H and O–H groups in total. The lowest BCUT2D eigenvalue weighted by Gasteiger charge is -2.19. The van der Waals surface area contributed by atoms with Gasteiger partial charge in [-0.3, -0.25) is 5.84 Å². The van der Waals surface area contributed by atoms with Crippen LogP contribution in [0.3, 0.4) is 0 Å². The van der Waals surface area contributed by atoms with Crippen molar-refractivity contribution in [2.24, 2.45) is 5.84 Å². The molecule has 0 aromatic rings. The largest absolute Gasteiger partial charge is 0.338 e. The highest BCUT2D eigenvalue weighted by molar-refractivity contribution is 5.73. The first-order valence-corrected chi connectivity index (χ1v) is 6.23. The average Bonchev–Trinajstić information content (AvgIpc) is 2.24. The second-order valence-electron chi connectivity index (χ2n) is 4.51. The molecular formula is C11H27N5O. The number of carbonyl (C=O) groups excluding carboxylic acids is 1. The monoisotopic (exact) mass is 245 g/mol. The quantitative estimate of drug-likeness (QED) is 0.280. The fourth-order valence-corrected chi connectivity index (χ4v) is 1.20. The lowest BCUT2D eigenvalue weighted by atomic mass is 10.2. The van der Waals surface area contributed by atoms with Crippen molar-refractivity contribution in [3.63, 3.8) is 0 Å². The van der Waals surface area contributed by atoms with Crippen LogP contribution in [-0.4, -0.2) is 42.9 Å². The molecular weight excluding hydrogens is 218 g/mol. The highest BCUT2D eigenvalue weighted by atomic mass is 16.2. The van der Waals surface area contributed by atoms with Crippen molar-refractivity contribution in [3.8, 4) is 0 Å². The molecule has 0 rings (SSSR count). The molecule has 0 aliphatic carbocycles. The summed E-state index contributed by atoms with van der Waals surface area (Å²) in [7, 11) is 0. The molecule has 17 heavy (non-hydrogen) atoms. The van der Waals surface area contributed by atoms with Gasteiger partial charge in [0, 0.05) is 25.2 Å². The topological polar surface area (TPSA) is 82.4 Å². The molecule has 0 aromatic carbocycles. The third kappa shape index (κ3) is 10.0. The number of rotatable bonds is 8. The molecule has 6 heteroatoms. The van der Waals surface area contributed by atoms with E-state index in [1.807, 2.05) is 20.8 Å². The van der Waals surface area contributed by atoms with Gasteiger partial charge in [0.2, 0.25) is 0 Å². The zero-order valence-electron chi connectivity index (χ0n) is 11.4. The molecule has 0 bridgehead atoms. The van der Waals surface area contributed by atoms with Crippen molar-refractivity contribution in [2.45, 2.75) is 46.2 Å². The van der Waals surface area contributed by atoms with E-state index >= 15 is 0 Å². The van der Waals surface area contributed by atoms with Gasteiger partial charge in [0.15, 0.2) is 0 Å². The Kier molecular flexibility index (Phi) is 8.75. The number of carbonyl (C=O) groups is 1. The Labute approximate surface area is 104 Å². The molecule has 0 radical (unpaired) electrons. The first kappa shape index (κ1) is 16.1. The average molecular weight is 245 g/mol. The van der Waals surface area contributed by atoms with Crippen molar-refractivity contribution in [3.05, 3.63) is 0 Å². The van der Waals surface area contributed by atoms with Crippen molar-refractivity contribution >= 4 is 6.03 Å². The minimum atomic E-state index is -0.110.